The van der Waals surface area contributed by atoms with Crippen LogP contribution in [0.25, 0.3) is 21.7 Å². The van der Waals surface area contributed by atoms with Crippen LogP contribution in [0.1, 0.15) is 56.9 Å². The van der Waals surface area contributed by atoms with Crippen LogP contribution in [-0.4, -0.2) is 60.2 Å². The summed E-state index contributed by atoms with van der Waals surface area (Å²) in [6.07, 6.45) is 2.74. The van der Waals surface area contributed by atoms with Crippen molar-refractivity contribution in [2.45, 2.75) is 62.9 Å². The van der Waals surface area contributed by atoms with Crippen molar-refractivity contribution in [1.29, 1.82) is 10.5 Å². The molecule has 4 aromatic rings. The Morgan fingerprint density at radius 1 is 1.02 bits per heavy atom. The number of anilines is 1. The maximum absolute atomic E-state index is 12.4. The number of ether oxygens (including phenoxy) is 2. The average Bonchev–Trinajstić information content (AvgIpc) is 3.88. The molecular weight excluding hydrogens is 718 g/mol. The SMILES string of the molecule is CCC(C)C(N)C(=O)NC(C)C(=O)OCCOc1ccc(-c2c(C#N)c(SCc3csc(-c4ccc(Cl)cc4)n3)nc(N3CCCC3)c2C#N)cc1. The zero-order valence-electron chi connectivity index (χ0n) is 29.2. The second-order valence-corrected chi connectivity index (χ2v) is 14.7. The summed E-state index contributed by atoms with van der Waals surface area (Å²) in [6.45, 7) is 6.98. The van der Waals surface area contributed by atoms with Gasteiger partial charge in [-0.15, -0.1) is 11.3 Å². The number of aromatic nitrogens is 2. The van der Waals surface area contributed by atoms with Gasteiger partial charge in [-0.1, -0.05) is 67.9 Å². The Bertz CT molecular complexity index is 1950. The average molecular weight is 758 g/mol. The molecule has 3 N–H and O–H groups in total. The minimum absolute atomic E-state index is 0.0165. The molecule has 11 nitrogen and oxygen atoms in total. The van der Waals surface area contributed by atoms with Crippen LogP contribution in [0, 0.1) is 28.6 Å². The highest BCUT2D eigenvalue weighted by Gasteiger charge is 2.27. The Hall–Kier alpha value is -4.66. The van der Waals surface area contributed by atoms with Crippen molar-refractivity contribution in [1.82, 2.24) is 15.3 Å². The molecule has 52 heavy (non-hydrogen) atoms. The predicted octanol–water partition coefficient (Wildman–Crippen LogP) is 6.96. The van der Waals surface area contributed by atoms with Gasteiger partial charge < -0.3 is 25.4 Å². The number of hydrogen-bond acceptors (Lipinski definition) is 12. The number of thioether (sulfide) groups is 1. The predicted molar refractivity (Wildman–Crippen MR) is 204 cm³/mol. The Kier molecular flexibility index (Phi) is 13.5. The van der Waals surface area contributed by atoms with Crippen LogP contribution >= 0.6 is 34.7 Å². The summed E-state index contributed by atoms with van der Waals surface area (Å²) < 4.78 is 11.1. The monoisotopic (exact) mass is 757 g/mol. The molecule has 3 atom stereocenters. The summed E-state index contributed by atoms with van der Waals surface area (Å²) in [4.78, 5) is 36.6. The number of nitriles is 2. The topological polar surface area (TPSA) is 167 Å². The van der Waals surface area contributed by atoms with Crippen molar-refractivity contribution in [3.05, 3.63) is 75.8 Å². The summed E-state index contributed by atoms with van der Waals surface area (Å²) in [5.41, 5.74) is 9.67. The zero-order valence-corrected chi connectivity index (χ0v) is 31.6. The molecular formula is C38H40ClN7O4S2. The third-order valence-corrected chi connectivity index (χ3v) is 11.0. The number of esters is 1. The zero-order chi connectivity index (χ0) is 37.2. The fourth-order valence-corrected chi connectivity index (χ4v) is 7.51. The van der Waals surface area contributed by atoms with Crippen LogP contribution < -0.4 is 20.7 Å². The molecule has 270 valence electrons. The van der Waals surface area contributed by atoms with E-state index in [9.17, 15) is 20.1 Å². The molecule has 1 amide bonds. The van der Waals surface area contributed by atoms with E-state index in [4.69, 9.17) is 36.8 Å². The molecule has 0 radical (unpaired) electrons. The van der Waals surface area contributed by atoms with Crippen molar-refractivity contribution in [3.63, 3.8) is 0 Å². The van der Waals surface area contributed by atoms with Gasteiger partial charge in [-0.25, -0.2) is 14.8 Å². The highest BCUT2D eigenvalue weighted by atomic mass is 35.5. The Morgan fingerprint density at radius 3 is 2.35 bits per heavy atom. The van der Waals surface area contributed by atoms with Gasteiger partial charge in [0.2, 0.25) is 5.91 Å². The van der Waals surface area contributed by atoms with Crippen molar-refractivity contribution in [2.75, 3.05) is 31.2 Å². The Morgan fingerprint density at radius 2 is 1.69 bits per heavy atom. The number of nitrogens with two attached hydrogens (primary N) is 1. The van der Waals surface area contributed by atoms with E-state index >= 15 is 0 Å². The molecule has 3 heterocycles. The molecule has 2 aromatic carbocycles. The lowest BCUT2D eigenvalue weighted by Crippen LogP contribution is -2.50. The van der Waals surface area contributed by atoms with E-state index in [-0.39, 0.29) is 19.1 Å². The number of carbonyl (C=O) groups is 2. The van der Waals surface area contributed by atoms with Crippen LogP contribution in [0.3, 0.4) is 0 Å². The maximum Gasteiger partial charge on any atom is 0.328 e. The van der Waals surface area contributed by atoms with Gasteiger partial charge in [0.05, 0.1) is 17.3 Å². The van der Waals surface area contributed by atoms with Crippen LogP contribution in [0.4, 0.5) is 5.82 Å². The second kappa shape index (κ2) is 18.2. The van der Waals surface area contributed by atoms with Crippen molar-refractivity contribution in [3.8, 4) is 39.6 Å². The molecule has 2 aromatic heterocycles. The first-order valence-electron chi connectivity index (χ1n) is 17.1. The minimum Gasteiger partial charge on any atom is -0.490 e. The van der Waals surface area contributed by atoms with E-state index in [1.165, 1.54) is 23.1 Å². The number of rotatable bonds is 15. The number of benzene rings is 2. The lowest BCUT2D eigenvalue weighted by molar-refractivity contribution is -0.148. The number of thiazole rings is 1. The Labute approximate surface area is 317 Å². The summed E-state index contributed by atoms with van der Waals surface area (Å²) in [6, 6.07) is 17.8. The number of amides is 1. The molecule has 1 aliphatic rings. The third kappa shape index (κ3) is 9.41. The molecule has 3 unspecified atom stereocenters. The van der Waals surface area contributed by atoms with Gasteiger partial charge in [0.25, 0.3) is 0 Å². The van der Waals surface area contributed by atoms with E-state index in [2.05, 4.69) is 22.4 Å². The molecule has 1 saturated heterocycles. The van der Waals surface area contributed by atoms with Gasteiger partial charge in [0.1, 0.15) is 58.6 Å². The molecule has 1 aliphatic heterocycles. The van der Waals surface area contributed by atoms with Gasteiger partial charge >= 0.3 is 5.97 Å². The number of hydrogen-bond donors (Lipinski definition) is 2. The number of pyridine rings is 1. The van der Waals surface area contributed by atoms with E-state index in [0.29, 0.717) is 49.6 Å². The van der Waals surface area contributed by atoms with E-state index in [1.807, 2.05) is 43.5 Å². The van der Waals surface area contributed by atoms with Gasteiger partial charge in [0.15, 0.2) is 0 Å². The second-order valence-electron chi connectivity index (χ2n) is 12.4. The largest absolute Gasteiger partial charge is 0.490 e. The lowest BCUT2D eigenvalue weighted by Gasteiger charge is -2.22. The molecule has 14 heteroatoms. The molecule has 1 fully saturated rings. The summed E-state index contributed by atoms with van der Waals surface area (Å²) >= 11 is 9.02. The normalized spacial score (nSPS) is 14.2. The molecule has 0 bridgehead atoms. The van der Waals surface area contributed by atoms with E-state index in [0.717, 1.165) is 48.6 Å². The van der Waals surface area contributed by atoms with Gasteiger partial charge in [-0.2, -0.15) is 10.5 Å². The molecule has 0 saturated carbocycles. The van der Waals surface area contributed by atoms with Gasteiger partial charge in [-0.05, 0) is 55.5 Å². The summed E-state index contributed by atoms with van der Waals surface area (Å²) in [7, 11) is 0. The lowest BCUT2D eigenvalue weighted by atomic mass is 9.96. The first-order valence-corrected chi connectivity index (χ1v) is 19.3. The molecule has 0 spiro atoms. The van der Waals surface area contributed by atoms with Crippen molar-refractivity contribution < 1.29 is 19.1 Å². The minimum atomic E-state index is -0.854. The summed E-state index contributed by atoms with van der Waals surface area (Å²) in [5.74, 6) is 0.577. The smallest absolute Gasteiger partial charge is 0.328 e. The van der Waals surface area contributed by atoms with Crippen LogP contribution in [-0.2, 0) is 20.1 Å². The van der Waals surface area contributed by atoms with Gasteiger partial charge in [-0.3, -0.25) is 4.79 Å². The van der Waals surface area contributed by atoms with Crippen LogP contribution in [0.2, 0.25) is 5.02 Å². The van der Waals surface area contributed by atoms with Crippen LogP contribution in [0.15, 0.2) is 58.9 Å². The number of nitrogens with zero attached hydrogens (tertiary/aromatic N) is 5. The van der Waals surface area contributed by atoms with Gasteiger partial charge in [0, 0.05) is 40.4 Å². The highest BCUT2D eigenvalue weighted by Crippen LogP contribution is 2.40. The van der Waals surface area contributed by atoms with Crippen molar-refractivity contribution >= 4 is 52.4 Å². The van der Waals surface area contributed by atoms with E-state index < -0.39 is 24.0 Å². The first kappa shape index (κ1) is 38.6. The number of nitrogens with one attached hydrogen (secondary N) is 1. The number of carbonyl (C=O) groups excluding carboxylic acids is 2. The number of halogens is 1. The standard InChI is InChI=1S/C38H40ClN7O4S2/c1-4-23(2)33(42)35(47)43-24(3)38(48)50-18-17-49-29-13-9-25(10-14-29)32-30(19-40)34(46-15-5-6-16-46)45-37(31(32)20-41)52-22-28-21-51-36(44-28)26-7-11-27(39)12-8-26/h7-14,21,23-24,33H,4-6,15-18,22,42H2,1-3H3,(H,43,47). The van der Waals surface area contributed by atoms with E-state index in [1.54, 1.807) is 31.2 Å². The van der Waals surface area contributed by atoms with Crippen molar-refractivity contribution in [2.24, 2.45) is 11.7 Å². The maximum atomic E-state index is 12.4. The quantitative estimate of drug-likeness (QED) is 0.0731. The molecule has 5 rings (SSSR count). The first-order chi connectivity index (χ1) is 25.1. The molecule has 0 aliphatic carbocycles. The van der Waals surface area contributed by atoms with Crippen LogP contribution in [0.5, 0.6) is 5.75 Å². The third-order valence-electron chi connectivity index (χ3n) is 8.79. The summed E-state index contributed by atoms with van der Waals surface area (Å²) in [5, 5.41) is 27.5. The fourth-order valence-electron chi connectivity index (χ4n) is 5.58. The fraction of sp³-hybridized carbons (Fsp3) is 0.368. The Balaban J connectivity index is 1.29. The highest BCUT2D eigenvalue weighted by molar-refractivity contribution is 7.98.